The summed E-state index contributed by atoms with van der Waals surface area (Å²) < 4.78 is 43.7. The van der Waals surface area contributed by atoms with Crippen LogP contribution in [0.3, 0.4) is 0 Å². The van der Waals surface area contributed by atoms with Crippen LogP contribution in [-0.2, 0) is 0 Å². The summed E-state index contributed by atoms with van der Waals surface area (Å²) in [6.07, 6.45) is -3.31. The van der Waals surface area contributed by atoms with Gasteiger partial charge in [0.05, 0.1) is 0 Å². The van der Waals surface area contributed by atoms with Crippen molar-refractivity contribution in [3.63, 3.8) is 0 Å². The molecule has 0 bridgehead atoms. The number of carbonyl (C=O) groups is 1. The van der Waals surface area contributed by atoms with E-state index in [-0.39, 0.29) is 17.3 Å². The Bertz CT molecular complexity index is 913. The van der Waals surface area contributed by atoms with Gasteiger partial charge in [0.25, 0.3) is 5.91 Å². The lowest BCUT2D eigenvalue weighted by Crippen LogP contribution is -2.39. The fourth-order valence-electron chi connectivity index (χ4n) is 2.24. The fourth-order valence-corrected chi connectivity index (χ4v) is 2.43. The third kappa shape index (κ3) is 4.20. The summed E-state index contributed by atoms with van der Waals surface area (Å²) in [5, 5.41) is 4.19. The highest BCUT2D eigenvalue weighted by molar-refractivity contribution is 6.30. The number of anilines is 1. The molecule has 0 fully saturated rings. The number of hydrogen-bond acceptors (Lipinski definition) is 4. The number of hydrogen-bond donors (Lipinski definition) is 0. The third-order valence-electron chi connectivity index (χ3n) is 3.35. The van der Waals surface area contributed by atoms with Crippen LogP contribution >= 0.6 is 11.6 Å². The molecule has 1 amide bonds. The number of pyridine rings is 1. The van der Waals surface area contributed by atoms with Crippen LogP contribution in [0.15, 0.2) is 59.3 Å². The van der Waals surface area contributed by atoms with Crippen LogP contribution in [0, 0.1) is 0 Å². The summed E-state index contributed by atoms with van der Waals surface area (Å²) in [5.41, 5.74) is 0.851. The minimum atomic E-state index is -4.61. The molecule has 0 aliphatic heterocycles. The van der Waals surface area contributed by atoms with Crippen LogP contribution in [0.25, 0.3) is 11.3 Å². The van der Waals surface area contributed by atoms with E-state index in [4.69, 9.17) is 16.1 Å². The van der Waals surface area contributed by atoms with Gasteiger partial charge in [0, 0.05) is 22.8 Å². The average molecular weight is 382 g/mol. The molecule has 26 heavy (non-hydrogen) atoms. The van der Waals surface area contributed by atoms with Gasteiger partial charge in [-0.2, -0.15) is 13.2 Å². The van der Waals surface area contributed by atoms with Crippen molar-refractivity contribution in [1.82, 2.24) is 10.1 Å². The molecule has 0 spiro atoms. The Hall–Kier alpha value is -2.87. The van der Waals surface area contributed by atoms with Crippen molar-refractivity contribution in [2.24, 2.45) is 0 Å². The first kappa shape index (κ1) is 17.9. The summed E-state index contributed by atoms with van der Waals surface area (Å²) >= 11 is 5.90. The number of alkyl halides is 3. The molecule has 0 saturated carbocycles. The van der Waals surface area contributed by atoms with Crippen molar-refractivity contribution in [3.8, 4) is 11.3 Å². The highest BCUT2D eigenvalue weighted by atomic mass is 35.5. The summed E-state index contributed by atoms with van der Waals surface area (Å²) in [6.45, 7) is -1.50. The first-order valence-corrected chi connectivity index (χ1v) is 7.73. The molecule has 2 aromatic heterocycles. The molecule has 0 unspecified atom stereocenters. The zero-order chi connectivity index (χ0) is 18.7. The van der Waals surface area contributed by atoms with Gasteiger partial charge < -0.3 is 4.52 Å². The molecular weight excluding hydrogens is 371 g/mol. The van der Waals surface area contributed by atoms with Crippen LogP contribution in [0.4, 0.5) is 19.0 Å². The van der Waals surface area contributed by atoms with Crippen molar-refractivity contribution >= 4 is 23.3 Å². The van der Waals surface area contributed by atoms with Crippen LogP contribution in [-0.4, -0.2) is 28.8 Å². The quantitative estimate of drug-likeness (QED) is 0.662. The number of amides is 1. The number of rotatable bonds is 4. The Kier molecular flexibility index (Phi) is 4.94. The number of aromatic nitrogens is 2. The Labute approximate surface area is 151 Å². The van der Waals surface area contributed by atoms with E-state index in [2.05, 4.69) is 10.1 Å². The van der Waals surface area contributed by atoms with Gasteiger partial charge in [-0.3, -0.25) is 9.69 Å². The fraction of sp³-hybridized carbons (Fsp3) is 0.118. The maximum absolute atomic E-state index is 12.9. The molecule has 0 aliphatic rings. The van der Waals surface area contributed by atoms with Gasteiger partial charge >= 0.3 is 6.18 Å². The molecule has 3 rings (SSSR count). The van der Waals surface area contributed by atoms with Gasteiger partial charge in [0.2, 0.25) is 5.76 Å². The average Bonchev–Trinajstić information content (AvgIpc) is 3.09. The zero-order valence-electron chi connectivity index (χ0n) is 13.1. The van der Waals surface area contributed by atoms with E-state index in [1.807, 2.05) is 0 Å². The zero-order valence-corrected chi connectivity index (χ0v) is 13.8. The lowest BCUT2D eigenvalue weighted by atomic mass is 10.1. The minimum absolute atomic E-state index is 0.143. The summed E-state index contributed by atoms with van der Waals surface area (Å²) in [7, 11) is 0. The Morgan fingerprint density at radius 3 is 2.62 bits per heavy atom. The van der Waals surface area contributed by atoms with E-state index < -0.39 is 18.6 Å². The summed E-state index contributed by atoms with van der Waals surface area (Å²) in [6, 6.07) is 12.2. The van der Waals surface area contributed by atoms with Crippen LogP contribution < -0.4 is 4.90 Å². The van der Waals surface area contributed by atoms with Gasteiger partial charge in [0.15, 0.2) is 0 Å². The third-order valence-corrected chi connectivity index (χ3v) is 3.58. The maximum Gasteiger partial charge on any atom is 0.406 e. The molecule has 1 aromatic carbocycles. The second kappa shape index (κ2) is 7.17. The van der Waals surface area contributed by atoms with Crippen molar-refractivity contribution in [2.75, 3.05) is 11.4 Å². The number of halogens is 4. The summed E-state index contributed by atoms with van der Waals surface area (Å²) in [4.78, 5) is 16.9. The standard InChI is InChI=1S/C17H11ClF3N3O2/c18-12-5-3-4-11(8-12)13-9-14(26-23-13)16(25)24(10-17(19,20)21)15-6-1-2-7-22-15/h1-9H,10H2. The van der Waals surface area contributed by atoms with Gasteiger partial charge in [-0.15, -0.1) is 0 Å². The lowest BCUT2D eigenvalue weighted by Gasteiger charge is -2.21. The predicted octanol–water partition coefficient (Wildman–Crippen LogP) is 4.60. The Balaban J connectivity index is 1.92. The van der Waals surface area contributed by atoms with Crippen molar-refractivity contribution in [1.29, 1.82) is 0 Å². The van der Waals surface area contributed by atoms with E-state index in [0.29, 0.717) is 15.5 Å². The molecule has 9 heteroatoms. The molecule has 0 aliphatic carbocycles. The Morgan fingerprint density at radius 1 is 1.15 bits per heavy atom. The lowest BCUT2D eigenvalue weighted by molar-refractivity contribution is -0.118. The van der Waals surface area contributed by atoms with E-state index in [9.17, 15) is 18.0 Å². The smallest absolute Gasteiger partial charge is 0.350 e. The topological polar surface area (TPSA) is 59.2 Å². The van der Waals surface area contributed by atoms with Crippen molar-refractivity contribution < 1.29 is 22.5 Å². The molecule has 0 saturated heterocycles. The monoisotopic (exact) mass is 381 g/mol. The van der Waals surface area contributed by atoms with Crippen molar-refractivity contribution in [2.45, 2.75) is 6.18 Å². The normalized spacial score (nSPS) is 11.4. The van der Waals surface area contributed by atoms with Gasteiger partial charge in [-0.1, -0.05) is 35.0 Å². The number of benzene rings is 1. The van der Waals surface area contributed by atoms with E-state index >= 15 is 0 Å². The molecule has 0 radical (unpaired) electrons. The molecule has 5 nitrogen and oxygen atoms in total. The largest absolute Gasteiger partial charge is 0.406 e. The van der Waals surface area contributed by atoms with Gasteiger partial charge in [0.1, 0.15) is 18.1 Å². The summed E-state index contributed by atoms with van der Waals surface area (Å²) in [5.74, 6) is -1.48. The number of nitrogens with zero attached hydrogens (tertiary/aromatic N) is 3. The minimum Gasteiger partial charge on any atom is -0.350 e. The molecule has 3 aromatic rings. The van der Waals surface area contributed by atoms with Gasteiger partial charge in [-0.05, 0) is 24.3 Å². The predicted molar refractivity (Wildman–Crippen MR) is 88.9 cm³/mol. The van der Waals surface area contributed by atoms with Crippen LogP contribution in [0.2, 0.25) is 5.02 Å². The van der Waals surface area contributed by atoms with Gasteiger partial charge in [-0.25, -0.2) is 4.98 Å². The van der Waals surface area contributed by atoms with Crippen molar-refractivity contribution in [3.05, 3.63) is 65.5 Å². The number of carbonyl (C=O) groups excluding carboxylic acids is 1. The first-order valence-electron chi connectivity index (χ1n) is 7.36. The SMILES string of the molecule is O=C(c1cc(-c2cccc(Cl)c2)no1)N(CC(F)(F)F)c1ccccn1. The Morgan fingerprint density at radius 2 is 1.96 bits per heavy atom. The molecule has 0 atom stereocenters. The van der Waals surface area contributed by atoms with Crippen LogP contribution in [0.1, 0.15) is 10.6 Å². The molecule has 0 N–H and O–H groups in total. The highest BCUT2D eigenvalue weighted by Gasteiger charge is 2.36. The maximum atomic E-state index is 12.9. The van der Waals surface area contributed by atoms with E-state index in [1.165, 1.54) is 30.5 Å². The first-order chi connectivity index (χ1) is 12.3. The van der Waals surface area contributed by atoms with E-state index in [0.717, 1.165) is 0 Å². The second-order valence-electron chi connectivity index (χ2n) is 5.28. The molecule has 134 valence electrons. The molecule has 2 heterocycles. The highest BCUT2D eigenvalue weighted by Crippen LogP contribution is 2.26. The van der Waals surface area contributed by atoms with E-state index in [1.54, 1.807) is 24.3 Å². The second-order valence-corrected chi connectivity index (χ2v) is 5.72. The molecular formula is C17H11ClF3N3O2. The van der Waals surface area contributed by atoms with Crippen LogP contribution in [0.5, 0.6) is 0 Å².